The van der Waals surface area contributed by atoms with Crippen molar-refractivity contribution in [2.45, 2.75) is 13.3 Å². The first-order valence-electron chi connectivity index (χ1n) is 6.11. The Bertz CT molecular complexity index is 570. The fraction of sp³-hybridized carbons (Fsp3) is 0.200. The average Bonchev–Trinajstić information content (AvgIpc) is 2.39. The van der Waals surface area contributed by atoms with E-state index in [9.17, 15) is 9.18 Å². The van der Waals surface area contributed by atoms with Crippen LogP contribution in [0.2, 0.25) is 0 Å². The molecule has 19 heavy (non-hydrogen) atoms. The van der Waals surface area contributed by atoms with Crippen LogP contribution in [0.1, 0.15) is 21.6 Å². The molecule has 2 rings (SSSR count). The van der Waals surface area contributed by atoms with Gasteiger partial charge in [0.1, 0.15) is 5.82 Å². The number of carbonyl (C=O) groups excluding carboxylic acids is 1. The zero-order chi connectivity index (χ0) is 13.7. The predicted molar refractivity (Wildman–Crippen MR) is 71.4 cm³/mol. The number of pyridine rings is 1. The van der Waals surface area contributed by atoms with E-state index in [1.807, 2.05) is 18.2 Å². The van der Waals surface area contributed by atoms with E-state index < -0.39 is 11.7 Å². The summed E-state index contributed by atoms with van der Waals surface area (Å²) in [6, 6.07) is 10.2. The Labute approximate surface area is 111 Å². The van der Waals surface area contributed by atoms with Crippen LogP contribution in [0.15, 0.2) is 42.6 Å². The second-order valence-corrected chi connectivity index (χ2v) is 4.31. The number of hydrogen-bond donors (Lipinski definition) is 1. The molecule has 0 unspecified atom stereocenters. The molecule has 0 fully saturated rings. The molecule has 1 amide bonds. The van der Waals surface area contributed by atoms with Gasteiger partial charge in [-0.2, -0.15) is 0 Å². The molecule has 2 aromatic rings. The second kappa shape index (κ2) is 6.09. The third-order valence-corrected chi connectivity index (χ3v) is 2.76. The van der Waals surface area contributed by atoms with Gasteiger partial charge in [0.25, 0.3) is 5.91 Å². The normalized spacial score (nSPS) is 10.2. The lowest BCUT2D eigenvalue weighted by Crippen LogP contribution is -2.26. The molecule has 4 heteroatoms. The standard InChI is InChI=1S/C15H15FN2O/c1-11-5-6-13(14(16)10-11)15(19)18-9-7-12-4-2-3-8-17-12/h2-6,8,10H,7,9H2,1H3,(H,18,19). The summed E-state index contributed by atoms with van der Waals surface area (Å²) < 4.78 is 13.6. The summed E-state index contributed by atoms with van der Waals surface area (Å²) >= 11 is 0. The number of aromatic nitrogens is 1. The van der Waals surface area contributed by atoms with E-state index in [1.54, 1.807) is 19.2 Å². The minimum Gasteiger partial charge on any atom is -0.352 e. The summed E-state index contributed by atoms with van der Waals surface area (Å²) in [5, 5.41) is 2.69. The number of carbonyl (C=O) groups is 1. The van der Waals surface area contributed by atoms with Gasteiger partial charge in [0.2, 0.25) is 0 Å². The number of hydrogen-bond acceptors (Lipinski definition) is 2. The number of nitrogens with zero attached hydrogens (tertiary/aromatic N) is 1. The van der Waals surface area contributed by atoms with Gasteiger partial charge in [-0.05, 0) is 36.8 Å². The summed E-state index contributed by atoms with van der Waals surface area (Å²) in [7, 11) is 0. The molecular weight excluding hydrogens is 243 g/mol. The van der Waals surface area contributed by atoms with Crippen molar-refractivity contribution in [2.24, 2.45) is 0 Å². The number of rotatable bonds is 4. The van der Waals surface area contributed by atoms with Gasteiger partial charge in [-0.3, -0.25) is 9.78 Å². The highest BCUT2D eigenvalue weighted by molar-refractivity contribution is 5.94. The van der Waals surface area contributed by atoms with E-state index in [2.05, 4.69) is 10.3 Å². The Morgan fingerprint density at radius 3 is 2.84 bits per heavy atom. The molecule has 0 atom stereocenters. The van der Waals surface area contributed by atoms with Crippen molar-refractivity contribution in [3.63, 3.8) is 0 Å². The van der Waals surface area contributed by atoms with Crippen molar-refractivity contribution in [2.75, 3.05) is 6.54 Å². The van der Waals surface area contributed by atoms with Crippen LogP contribution in [0.4, 0.5) is 4.39 Å². The summed E-state index contributed by atoms with van der Waals surface area (Å²) in [5.41, 5.74) is 1.77. The average molecular weight is 258 g/mol. The third-order valence-electron chi connectivity index (χ3n) is 2.76. The smallest absolute Gasteiger partial charge is 0.254 e. The van der Waals surface area contributed by atoms with Crippen LogP contribution in [0, 0.1) is 12.7 Å². The van der Waals surface area contributed by atoms with Crippen molar-refractivity contribution < 1.29 is 9.18 Å². The first kappa shape index (κ1) is 13.2. The minimum absolute atomic E-state index is 0.0756. The molecule has 1 N–H and O–H groups in total. The van der Waals surface area contributed by atoms with Gasteiger partial charge in [-0.1, -0.05) is 12.1 Å². The SMILES string of the molecule is Cc1ccc(C(=O)NCCc2ccccn2)c(F)c1. The van der Waals surface area contributed by atoms with Crippen molar-refractivity contribution in [1.82, 2.24) is 10.3 Å². The summed E-state index contributed by atoms with van der Waals surface area (Å²) in [6.45, 7) is 2.22. The maximum absolute atomic E-state index is 13.6. The lowest BCUT2D eigenvalue weighted by atomic mass is 10.1. The van der Waals surface area contributed by atoms with Gasteiger partial charge in [0, 0.05) is 24.9 Å². The van der Waals surface area contributed by atoms with Crippen LogP contribution >= 0.6 is 0 Å². The second-order valence-electron chi connectivity index (χ2n) is 4.31. The quantitative estimate of drug-likeness (QED) is 0.915. The highest BCUT2D eigenvalue weighted by Gasteiger charge is 2.10. The first-order chi connectivity index (χ1) is 9.16. The molecule has 0 aliphatic rings. The molecule has 0 bridgehead atoms. The topological polar surface area (TPSA) is 42.0 Å². The number of amides is 1. The van der Waals surface area contributed by atoms with Crippen LogP contribution in [-0.4, -0.2) is 17.4 Å². The molecule has 0 spiro atoms. The van der Waals surface area contributed by atoms with Crippen LogP contribution in [0.25, 0.3) is 0 Å². The number of aryl methyl sites for hydroxylation is 1. The zero-order valence-electron chi connectivity index (χ0n) is 10.7. The minimum atomic E-state index is -0.490. The molecule has 3 nitrogen and oxygen atoms in total. The fourth-order valence-corrected chi connectivity index (χ4v) is 1.75. The van der Waals surface area contributed by atoms with E-state index in [-0.39, 0.29) is 5.56 Å². The Balaban J connectivity index is 1.91. The largest absolute Gasteiger partial charge is 0.352 e. The first-order valence-corrected chi connectivity index (χ1v) is 6.11. The number of nitrogens with one attached hydrogen (secondary N) is 1. The maximum atomic E-state index is 13.6. The Hall–Kier alpha value is -2.23. The molecule has 0 saturated heterocycles. The van der Waals surface area contributed by atoms with Crippen molar-refractivity contribution in [1.29, 1.82) is 0 Å². The third kappa shape index (κ3) is 3.61. The van der Waals surface area contributed by atoms with Crippen LogP contribution in [-0.2, 0) is 6.42 Å². The predicted octanol–water partition coefficient (Wildman–Crippen LogP) is 2.50. The van der Waals surface area contributed by atoms with Gasteiger partial charge in [-0.25, -0.2) is 4.39 Å². The molecule has 1 aromatic heterocycles. The fourth-order valence-electron chi connectivity index (χ4n) is 1.75. The van der Waals surface area contributed by atoms with Gasteiger partial charge in [-0.15, -0.1) is 0 Å². The molecular formula is C15H15FN2O. The number of benzene rings is 1. The summed E-state index contributed by atoms with van der Waals surface area (Å²) in [4.78, 5) is 15.9. The molecule has 1 heterocycles. The molecule has 0 saturated carbocycles. The lowest BCUT2D eigenvalue weighted by molar-refractivity contribution is 0.0950. The molecule has 1 aromatic carbocycles. The zero-order valence-corrected chi connectivity index (χ0v) is 10.7. The van der Waals surface area contributed by atoms with Crippen molar-refractivity contribution in [3.05, 3.63) is 65.2 Å². The van der Waals surface area contributed by atoms with E-state index in [1.165, 1.54) is 12.1 Å². The molecule has 0 aliphatic heterocycles. The summed E-state index contributed by atoms with van der Waals surface area (Å²) in [6.07, 6.45) is 2.33. The van der Waals surface area contributed by atoms with E-state index in [4.69, 9.17) is 0 Å². The Kier molecular flexibility index (Phi) is 4.23. The van der Waals surface area contributed by atoms with Gasteiger partial charge in [0.05, 0.1) is 5.56 Å². The van der Waals surface area contributed by atoms with Crippen molar-refractivity contribution in [3.8, 4) is 0 Å². The van der Waals surface area contributed by atoms with E-state index in [0.717, 1.165) is 11.3 Å². The summed E-state index contributed by atoms with van der Waals surface area (Å²) in [5.74, 6) is -0.885. The molecule has 0 aliphatic carbocycles. The van der Waals surface area contributed by atoms with E-state index in [0.29, 0.717) is 13.0 Å². The van der Waals surface area contributed by atoms with Gasteiger partial charge < -0.3 is 5.32 Å². The van der Waals surface area contributed by atoms with Crippen LogP contribution in [0.5, 0.6) is 0 Å². The monoisotopic (exact) mass is 258 g/mol. The van der Waals surface area contributed by atoms with Crippen LogP contribution in [0.3, 0.4) is 0 Å². The van der Waals surface area contributed by atoms with E-state index >= 15 is 0 Å². The Morgan fingerprint density at radius 2 is 2.16 bits per heavy atom. The lowest BCUT2D eigenvalue weighted by Gasteiger charge is -2.06. The number of halogens is 1. The maximum Gasteiger partial charge on any atom is 0.254 e. The van der Waals surface area contributed by atoms with Crippen LogP contribution < -0.4 is 5.32 Å². The highest BCUT2D eigenvalue weighted by atomic mass is 19.1. The molecule has 98 valence electrons. The van der Waals surface area contributed by atoms with Crippen molar-refractivity contribution >= 4 is 5.91 Å². The molecule has 0 radical (unpaired) electrons. The Morgan fingerprint density at radius 1 is 1.32 bits per heavy atom. The van der Waals surface area contributed by atoms with Gasteiger partial charge in [0.15, 0.2) is 0 Å². The highest BCUT2D eigenvalue weighted by Crippen LogP contribution is 2.09. The van der Waals surface area contributed by atoms with Gasteiger partial charge >= 0.3 is 0 Å².